The number of fused-ring (bicyclic) bond motifs is 2. The van der Waals surface area contributed by atoms with Crippen LogP contribution in [-0.4, -0.2) is 40.1 Å². The molecule has 5 atom stereocenters. The van der Waals surface area contributed by atoms with Gasteiger partial charge in [-0.15, -0.1) is 0 Å². The predicted molar refractivity (Wildman–Crippen MR) is 64.1 cm³/mol. The Kier molecular flexibility index (Phi) is 3.75. The summed E-state index contributed by atoms with van der Waals surface area (Å²) in [4.78, 5) is 33.5. The number of hydrogen-bond acceptors (Lipinski definition) is 4. The lowest BCUT2D eigenvalue weighted by atomic mass is 9.84. The van der Waals surface area contributed by atoms with Crippen molar-refractivity contribution in [2.75, 3.05) is 0 Å². The second kappa shape index (κ2) is 5.16. The zero-order chi connectivity index (χ0) is 14.2. The average Bonchev–Trinajstić information content (AvgIpc) is 2.87. The first-order chi connectivity index (χ1) is 8.90. The first kappa shape index (κ1) is 13.8. The molecule has 0 aromatic carbocycles. The molecule has 106 valence electrons. The molecule has 0 aromatic rings. The van der Waals surface area contributed by atoms with Gasteiger partial charge in [-0.05, 0) is 31.1 Å². The van der Waals surface area contributed by atoms with Crippen LogP contribution >= 0.6 is 0 Å². The van der Waals surface area contributed by atoms with Crippen molar-refractivity contribution in [2.24, 2.45) is 23.5 Å². The molecule has 2 rings (SSSR count). The Labute approximate surface area is 110 Å². The van der Waals surface area contributed by atoms with Crippen LogP contribution < -0.4 is 11.1 Å². The number of carbonyl (C=O) groups excluding carboxylic acids is 1. The van der Waals surface area contributed by atoms with Gasteiger partial charge >= 0.3 is 11.9 Å². The molecule has 0 heterocycles. The summed E-state index contributed by atoms with van der Waals surface area (Å²) in [6, 6.07) is -1.55. The minimum atomic E-state index is -1.15. The zero-order valence-electron chi connectivity index (χ0n) is 10.4. The molecular weight excluding hydrogens is 252 g/mol. The van der Waals surface area contributed by atoms with Crippen LogP contribution in [-0.2, 0) is 14.4 Å². The summed E-state index contributed by atoms with van der Waals surface area (Å²) in [5.41, 5.74) is 5.48. The summed E-state index contributed by atoms with van der Waals surface area (Å²) < 4.78 is 0. The fraction of sp³-hybridized carbons (Fsp3) is 0.750. The summed E-state index contributed by atoms with van der Waals surface area (Å²) in [7, 11) is 0. The minimum Gasteiger partial charge on any atom is -0.481 e. The third kappa shape index (κ3) is 2.70. The maximum absolute atomic E-state index is 11.8. The second-order valence-corrected chi connectivity index (χ2v) is 5.44. The first-order valence-electron chi connectivity index (χ1n) is 6.40. The molecule has 2 saturated carbocycles. The number of amides is 1. The molecule has 0 aliphatic heterocycles. The minimum absolute atomic E-state index is 0.114. The Hall–Kier alpha value is -1.63. The third-order valence-electron chi connectivity index (χ3n) is 4.24. The Balaban J connectivity index is 1.99. The van der Waals surface area contributed by atoms with Crippen molar-refractivity contribution in [1.82, 2.24) is 5.32 Å². The van der Waals surface area contributed by atoms with Crippen LogP contribution in [0.25, 0.3) is 0 Å². The summed E-state index contributed by atoms with van der Waals surface area (Å²) in [5.74, 6) is -2.91. The van der Waals surface area contributed by atoms with Crippen LogP contribution in [0, 0.1) is 17.8 Å². The van der Waals surface area contributed by atoms with Gasteiger partial charge in [-0.25, -0.2) is 0 Å². The topological polar surface area (TPSA) is 130 Å². The summed E-state index contributed by atoms with van der Waals surface area (Å²) in [6.45, 7) is 0. The zero-order valence-corrected chi connectivity index (χ0v) is 10.4. The standard InChI is InChI=1S/C12H18N2O5/c13-7(4-8(15)16)11(17)14-10-6-2-1-5(3-6)9(10)12(18)19/h5-7,9-10H,1-4,13H2,(H,14,17)(H,15,16)(H,18,19). The van der Waals surface area contributed by atoms with E-state index in [0.717, 1.165) is 19.3 Å². The number of carboxylic acids is 2. The monoisotopic (exact) mass is 270 g/mol. The van der Waals surface area contributed by atoms with E-state index in [0.29, 0.717) is 0 Å². The van der Waals surface area contributed by atoms with Crippen LogP contribution in [0.1, 0.15) is 25.7 Å². The molecule has 19 heavy (non-hydrogen) atoms. The van der Waals surface area contributed by atoms with Crippen molar-refractivity contribution < 1.29 is 24.6 Å². The number of carboxylic acid groups (broad SMARTS) is 2. The number of nitrogens with one attached hydrogen (secondary N) is 1. The molecule has 7 nitrogen and oxygen atoms in total. The molecule has 2 bridgehead atoms. The number of aliphatic carboxylic acids is 2. The van der Waals surface area contributed by atoms with Gasteiger partial charge in [0.05, 0.1) is 18.4 Å². The smallest absolute Gasteiger partial charge is 0.308 e. The molecule has 0 radical (unpaired) electrons. The van der Waals surface area contributed by atoms with Crippen molar-refractivity contribution in [2.45, 2.75) is 37.8 Å². The first-order valence-corrected chi connectivity index (χ1v) is 6.40. The Morgan fingerprint density at radius 2 is 1.84 bits per heavy atom. The molecule has 2 aliphatic carbocycles. The summed E-state index contributed by atoms with van der Waals surface area (Å²) in [5, 5.41) is 20.4. The summed E-state index contributed by atoms with van der Waals surface area (Å²) in [6.07, 6.45) is 2.16. The van der Waals surface area contributed by atoms with Gasteiger partial charge in [0.2, 0.25) is 5.91 Å². The highest BCUT2D eigenvalue weighted by molar-refractivity contribution is 5.86. The van der Waals surface area contributed by atoms with Gasteiger partial charge in [-0.3, -0.25) is 14.4 Å². The maximum atomic E-state index is 11.8. The van der Waals surface area contributed by atoms with Gasteiger partial charge in [0.1, 0.15) is 0 Å². The normalized spacial score (nSPS) is 33.9. The molecule has 2 fully saturated rings. The van der Waals surface area contributed by atoms with E-state index in [-0.39, 0.29) is 11.8 Å². The largest absolute Gasteiger partial charge is 0.481 e. The third-order valence-corrected chi connectivity index (χ3v) is 4.24. The van der Waals surface area contributed by atoms with E-state index in [4.69, 9.17) is 10.8 Å². The lowest BCUT2D eigenvalue weighted by Crippen LogP contribution is -2.52. The van der Waals surface area contributed by atoms with Gasteiger partial charge < -0.3 is 21.3 Å². The number of rotatable bonds is 5. The van der Waals surface area contributed by atoms with Crippen molar-refractivity contribution in [3.05, 3.63) is 0 Å². The highest BCUT2D eigenvalue weighted by Gasteiger charge is 2.51. The lowest BCUT2D eigenvalue weighted by Gasteiger charge is -2.29. The fourth-order valence-corrected chi connectivity index (χ4v) is 3.41. The average molecular weight is 270 g/mol. The Morgan fingerprint density at radius 3 is 2.42 bits per heavy atom. The number of hydrogen-bond donors (Lipinski definition) is 4. The Morgan fingerprint density at radius 1 is 1.21 bits per heavy atom. The molecule has 1 amide bonds. The van der Waals surface area contributed by atoms with E-state index in [1.54, 1.807) is 0 Å². The SMILES string of the molecule is NC(CC(=O)O)C(=O)NC1C2CCC(C2)C1C(=O)O. The lowest BCUT2D eigenvalue weighted by molar-refractivity contribution is -0.145. The van der Waals surface area contributed by atoms with Crippen LogP contribution in [0.15, 0.2) is 0 Å². The molecule has 0 saturated heterocycles. The van der Waals surface area contributed by atoms with Gasteiger partial charge in [-0.1, -0.05) is 0 Å². The van der Waals surface area contributed by atoms with Crippen LogP contribution in [0.4, 0.5) is 0 Å². The molecule has 0 aromatic heterocycles. The predicted octanol–water partition coefficient (Wildman–Crippen LogP) is -0.596. The van der Waals surface area contributed by atoms with E-state index in [2.05, 4.69) is 5.32 Å². The summed E-state index contributed by atoms with van der Waals surface area (Å²) >= 11 is 0. The number of nitrogens with two attached hydrogens (primary N) is 1. The Bertz CT molecular complexity index is 411. The maximum Gasteiger partial charge on any atom is 0.308 e. The van der Waals surface area contributed by atoms with Crippen molar-refractivity contribution in [1.29, 1.82) is 0 Å². The van der Waals surface area contributed by atoms with Crippen LogP contribution in [0.2, 0.25) is 0 Å². The fourth-order valence-electron chi connectivity index (χ4n) is 3.41. The van der Waals surface area contributed by atoms with Crippen molar-refractivity contribution in [3.63, 3.8) is 0 Å². The highest BCUT2D eigenvalue weighted by Crippen LogP contribution is 2.48. The highest BCUT2D eigenvalue weighted by atomic mass is 16.4. The van der Waals surface area contributed by atoms with Gasteiger partial charge in [-0.2, -0.15) is 0 Å². The van der Waals surface area contributed by atoms with E-state index in [9.17, 15) is 19.5 Å². The molecular formula is C12H18N2O5. The van der Waals surface area contributed by atoms with Crippen molar-refractivity contribution in [3.8, 4) is 0 Å². The van der Waals surface area contributed by atoms with Gasteiger partial charge in [0, 0.05) is 6.04 Å². The molecule has 7 heteroatoms. The molecule has 2 aliphatic rings. The van der Waals surface area contributed by atoms with Crippen LogP contribution in [0.5, 0.6) is 0 Å². The molecule has 0 spiro atoms. The van der Waals surface area contributed by atoms with Crippen molar-refractivity contribution >= 4 is 17.8 Å². The quantitative estimate of drug-likeness (QED) is 0.528. The van der Waals surface area contributed by atoms with Gasteiger partial charge in [0.25, 0.3) is 0 Å². The van der Waals surface area contributed by atoms with E-state index < -0.39 is 42.3 Å². The van der Waals surface area contributed by atoms with E-state index in [1.807, 2.05) is 0 Å². The van der Waals surface area contributed by atoms with Crippen LogP contribution in [0.3, 0.4) is 0 Å². The molecule has 5 N–H and O–H groups in total. The second-order valence-electron chi connectivity index (χ2n) is 5.44. The van der Waals surface area contributed by atoms with E-state index >= 15 is 0 Å². The van der Waals surface area contributed by atoms with E-state index in [1.165, 1.54) is 0 Å². The number of carbonyl (C=O) groups is 3. The molecule has 5 unspecified atom stereocenters. The van der Waals surface area contributed by atoms with Gasteiger partial charge in [0.15, 0.2) is 0 Å².